The van der Waals surface area contributed by atoms with E-state index in [0.717, 1.165) is 38.6 Å². The maximum atomic E-state index is 12.3. The summed E-state index contributed by atoms with van der Waals surface area (Å²) in [5.74, 6) is -0.152. The molecule has 2 amide bonds. The van der Waals surface area contributed by atoms with Gasteiger partial charge in [-0.05, 0) is 55.4 Å². The van der Waals surface area contributed by atoms with Gasteiger partial charge in [0, 0.05) is 30.0 Å². The molecule has 1 spiro atoms. The van der Waals surface area contributed by atoms with Gasteiger partial charge >= 0.3 is 0 Å². The number of rotatable bonds is 2. The fourth-order valence-corrected chi connectivity index (χ4v) is 4.06. The Hall–Kier alpha value is -1.88. The maximum Gasteiger partial charge on any atom is 0.274 e. The number of aryl methyl sites for hydroxylation is 1. The van der Waals surface area contributed by atoms with Crippen LogP contribution in [0.3, 0.4) is 0 Å². The molecule has 5 heteroatoms. The van der Waals surface area contributed by atoms with E-state index in [1.807, 2.05) is 12.1 Å². The second-order valence-electron chi connectivity index (χ2n) is 7.03. The SMILES string of the molecule is O=C(NO)c1ccc2c(c1)CC[C@@]1(CC(=O)N(C3CC3)C1)C2. The Labute approximate surface area is 129 Å². The zero-order chi connectivity index (χ0) is 15.3. The first-order valence-corrected chi connectivity index (χ1v) is 7.96. The molecule has 1 saturated carbocycles. The van der Waals surface area contributed by atoms with Gasteiger partial charge in [0.15, 0.2) is 0 Å². The van der Waals surface area contributed by atoms with Crippen LogP contribution in [0.15, 0.2) is 18.2 Å². The van der Waals surface area contributed by atoms with Crippen molar-refractivity contribution >= 4 is 11.8 Å². The smallest absolute Gasteiger partial charge is 0.274 e. The number of amides is 2. The molecule has 22 heavy (non-hydrogen) atoms. The number of likely N-dealkylation sites (tertiary alicyclic amines) is 1. The third-order valence-corrected chi connectivity index (χ3v) is 5.40. The van der Waals surface area contributed by atoms with E-state index in [4.69, 9.17) is 5.21 Å². The summed E-state index contributed by atoms with van der Waals surface area (Å²) >= 11 is 0. The van der Waals surface area contributed by atoms with E-state index in [0.29, 0.717) is 23.9 Å². The summed E-state index contributed by atoms with van der Waals surface area (Å²) < 4.78 is 0. The minimum atomic E-state index is -0.473. The van der Waals surface area contributed by atoms with E-state index >= 15 is 0 Å². The average molecular weight is 300 g/mol. The van der Waals surface area contributed by atoms with Crippen LogP contribution in [0.25, 0.3) is 0 Å². The van der Waals surface area contributed by atoms with E-state index in [2.05, 4.69) is 4.90 Å². The van der Waals surface area contributed by atoms with Gasteiger partial charge in [-0.15, -0.1) is 0 Å². The number of carbonyl (C=O) groups excluding carboxylic acids is 2. The zero-order valence-electron chi connectivity index (χ0n) is 12.5. The molecule has 116 valence electrons. The molecule has 1 aromatic rings. The van der Waals surface area contributed by atoms with Crippen molar-refractivity contribution in [2.75, 3.05) is 6.54 Å². The number of fused-ring (bicyclic) bond motifs is 1. The van der Waals surface area contributed by atoms with Crippen molar-refractivity contribution in [1.29, 1.82) is 0 Å². The van der Waals surface area contributed by atoms with Crippen LogP contribution in [-0.4, -0.2) is 34.5 Å². The highest BCUT2D eigenvalue weighted by Crippen LogP contribution is 2.46. The Morgan fingerprint density at radius 3 is 2.82 bits per heavy atom. The molecule has 0 bridgehead atoms. The number of hydrogen-bond acceptors (Lipinski definition) is 3. The first-order chi connectivity index (χ1) is 10.6. The van der Waals surface area contributed by atoms with Crippen LogP contribution < -0.4 is 5.48 Å². The molecule has 3 aliphatic rings. The second kappa shape index (κ2) is 4.81. The number of carbonyl (C=O) groups is 2. The third-order valence-electron chi connectivity index (χ3n) is 5.40. The van der Waals surface area contributed by atoms with Gasteiger partial charge in [-0.3, -0.25) is 14.8 Å². The molecule has 1 saturated heterocycles. The Kier molecular flexibility index (Phi) is 3.01. The highest BCUT2D eigenvalue weighted by atomic mass is 16.5. The summed E-state index contributed by atoms with van der Waals surface area (Å²) in [6.45, 7) is 0.898. The van der Waals surface area contributed by atoms with Gasteiger partial charge in [0.2, 0.25) is 5.91 Å². The van der Waals surface area contributed by atoms with Crippen LogP contribution in [0.4, 0.5) is 0 Å². The van der Waals surface area contributed by atoms with Gasteiger partial charge in [-0.25, -0.2) is 5.48 Å². The molecule has 2 N–H and O–H groups in total. The fourth-order valence-electron chi connectivity index (χ4n) is 4.06. The molecular weight excluding hydrogens is 280 g/mol. The molecular formula is C17H20N2O3. The molecule has 0 aromatic heterocycles. The van der Waals surface area contributed by atoms with E-state index in [1.54, 1.807) is 11.5 Å². The highest BCUT2D eigenvalue weighted by molar-refractivity contribution is 5.93. The third kappa shape index (κ3) is 2.20. The molecule has 1 atom stereocenters. The summed E-state index contributed by atoms with van der Waals surface area (Å²) in [4.78, 5) is 25.9. The van der Waals surface area contributed by atoms with E-state index in [-0.39, 0.29) is 5.41 Å². The van der Waals surface area contributed by atoms with Crippen LogP contribution in [0, 0.1) is 5.41 Å². The molecule has 1 aromatic carbocycles. The summed E-state index contributed by atoms with van der Waals surface area (Å²) in [5, 5.41) is 8.73. The van der Waals surface area contributed by atoms with Crippen LogP contribution >= 0.6 is 0 Å². The number of nitrogens with one attached hydrogen (secondary N) is 1. The lowest BCUT2D eigenvalue weighted by molar-refractivity contribution is -0.128. The topological polar surface area (TPSA) is 69.6 Å². The van der Waals surface area contributed by atoms with Crippen LogP contribution in [-0.2, 0) is 17.6 Å². The molecule has 4 rings (SSSR count). The van der Waals surface area contributed by atoms with Crippen molar-refractivity contribution < 1.29 is 14.8 Å². The monoisotopic (exact) mass is 300 g/mol. The predicted octanol–water partition coefficient (Wildman–Crippen LogP) is 1.68. The molecule has 2 aliphatic carbocycles. The largest absolute Gasteiger partial charge is 0.339 e. The van der Waals surface area contributed by atoms with E-state index in [1.165, 1.54) is 11.1 Å². The predicted molar refractivity (Wildman–Crippen MR) is 79.5 cm³/mol. The van der Waals surface area contributed by atoms with Gasteiger partial charge in [-0.2, -0.15) is 0 Å². The van der Waals surface area contributed by atoms with Gasteiger partial charge in [-0.1, -0.05) is 6.07 Å². The Bertz CT molecular complexity index is 653. The van der Waals surface area contributed by atoms with Crippen molar-refractivity contribution in [3.8, 4) is 0 Å². The molecule has 1 heterocycles. The van der Waals surface area contributed by atoms with Gasteiger partial charge in [0.1, 0.15) is 0 Å². The maximum absolute atomic E-state index is 12.3. The second-order valence-corrected chi connectivity index (χ2v) is 7.03. The van der Waals surface area contributed by atoms with Crippen LogP contribution in [0.1, 0.15) is 47.2 Å². The molecule has 0 radical (unpaired) electrons. The fraction of sp³-hybridized carbons (Fsp3) is 0.529. The Morgan fingerprint density at radius 1 is 1.27 bits per heavy atom. The standard InChI is InChI=1S/C17H20N2O3/c20-15-9-17(10-19(15)14-3-4-14)6-5-11-7-12(16(21)18-22)1-2-13(11)8-17/h1-2,7,14,22H,3-6,8-10H2,(H,18,21)/t17-/m0/s1. The lowest BCUT2D eigenvalue weighted by atomic mass is 9.70. The van der Waals surface area contributed by atoms with Gasteiger partial charge < -0.3 is 4.90 Å². The molecule has 0 unspecified atom stereocenters. The first-order valence-electron chi connectivity index (χ1n) is 7.96. The highest BCUT2D eigenvalue weighted by Gasteiger charge is 2.48. The Balaban J connectivity index is 1.57. The normalized spacial score (nSPS) is 27.1. The zero-order valence-corrected chi connectivity index (χ0v) is 12.5. The average Bonchev–Trinajstić information content (AvgIpc) is 3.31. The van der Waals surface area contributed by atoms with Crippen LogP contribution in [0.5, 0.6) is 0 Å². The lowest BCUT2D eigenvalue weighted by Gasteiger charge is -2.34. The molecule has 2 fully saturated rings. The van der Waals surface area contributed by atoms with Crippen molar-refractivity contribution in [3.05, 3.63) is 34.9 Å². The quantitative estimate of drug-likeness (QED) is 0.645. The molecule has 5 nitrogen and oxygen atoms in total. The van der Waals surface area contributed by atoms with Crippen LogP contribution in [0.2, 0.25) is 0 Å². The van der Waals surface area contributed by atoms with Gasteiger partial charge in [0.25, 0.3) is 5.91 Å². The minimum Gasteiger partial charge on any atom is -0.339 e. The summed E-state index contributed by atoms with van der Waals surface area (Å²) in [7, 11) is 0. The number of nitrogens with zero attached hydrogens (tertiary/aromatic N) is 1. The summed E-state index contributed by atoms with van der Waals surface area (Å²) in [6, 6.07) is 6.09. The number of benzene rings is 1. The number of hydroxylamine groups is 1. The Morgan fingerprint density at radius 2 is 2.09 bits per heavy atom. The van der Waals surface area contributed by atoms with Crippen molar-refractivity contribution in [1.82, 2.24) is 10.4 Å². The van der Waals surface area contributed by atoms with E-state index in [9.17, 15) is 9.59 Å². The van der Waals surface area contributed by atoms with Crippen molar-refractivity contribution in [3.63, 3.8) is 0 Å². The van der Waals surface area contributed by atoms with Crippen molar-refractivity contribution in [2.45, 2.75) is 44.6 Å². The lowest BCUT2D eigenvalue weighted by Crippen LogP contribution is -2.34. The molecule has 1 aliphatic heterocycles. The van der Waals surface area contributed by atoms with Crippen molar-refractivity contribution in [2.24, 2.45) is 5.41 Å². The number of hydrogen-bond donors (Lipinski definition) is 2. The first kappa shape index (κ1) is 13.8. The van der Waals surface area contributed by atoms with E-state index < -0.39 is 5.91 Å². The van der Waals surface area contributed by atoms with Gasteiger partial charge in [0.05, 0.1) is 0 Å². The minimum absolute atomic E-state index is 0.0907. The summed E-state index contributed by atoms with van der Waals surface area (Å²) in [5.41, 5.74) is 4.67. The summed E-state index contributed by atoms with van der Waals surface area (Å²) in [6.07, 6.45) is 5.81.